The Balaban J connectivity index is 1.52. The Bertz CT molecular complexity index is 2490. The highest BCUT2D eigenvalue weighted by Crippen LogP contribution is 2.45. The van der Waals surface area contributed by atoms with E-state index in [1.807, 2.05) is 36.4 Å². The van der Waals surface area contributed by atoms with E-state index in [1.165, 1.54) is 32.3 Å². The van der Waals surface area contributed by atoms with E-state index in [1.54, 1.807) is 0 Å². The van der Waals surface area contributed by atoms with E-state index >= 15 is 0 Å². The molecule has 6 aromatic carbocycles. The molecule has 0 aliphatic rings. The number of H-pyrrole nitrogens is 1. The van der Waals surface area contributed by atoms with Crippen LogP contribution in [0.15, 0.2) is 149 Å². The Morgan fingerprint density at radius 1 is 0.533 bits per heavy atom. The summed E-state index contributed by atoms with van der Waals surface area (Å²) in [7, 11) is 0. The number of amidine groups is 1. The number of hydrogen-bond acceptors (Lipinski definition) is 1. The quantitative estimate of drug-likeness (QED) is 0.159. The van der Waals surface area contributed by atoms with E-state index in [-0.39, 0.29) is 0 Å². The fraction of sp³-hybridized carbons (Fsp3) is 0.0732. The Kier molecular flexibility index (Phi) is 6.42. The number of nitrogens with zero attached hydrogens (tertiary/aromatic N) is 3. The summed E-state index contributed by atoms with van der Waals surface area (Å²) in [5.41, 5.74) is 8.63. The van der Waals surface area contributed by atoms with Crippen LogP contribution in [0.2, 0.25) is 0 Å². The van der Waals surface area contributed by atoms with Gasteiger partial charge in [0.1, 0.15) is 5.82 Å². The lowest BCUT2D eigenvalue weighted by molar-refractivity contribution is 1.13. The molecule has 2 aromatic heterocycles. The van der Waals surface area contributed by atoms with E-state index in [2.05, 4.69) is 127 Å². The first-order chi connectivity index (χ1) is 22.1. The molecule has 0 bridgehead atoms. The topological polar surface area (TPSA) is 45.4 Å². The second kappa shape index (κ2) is 10.8. The number of aromatic nitrogens is 2. The molecule has 8 rings (SSSR count). The van der Waals surface area contributed by atoms with Crippen molar-refractivity contribution < 1.29 is 0 Å². The van der Waals surface area contributed by atoms with Crippen LogP contribution in [-0.4, -0.2) is 21.1 Å². The van der Waals surface area contributed by atoms with Crippen LogP contribution in [0.4, 0.5) is 0 Å². The average Bonchev–Trinajstić information content (AvgIpc) is 3.64. The van der Waals surface area contributed by atoms with Gasteiger partial charge in [-0.1, -0.05) is 121 Å². The minimum absolute atomic E-state index is 0.677. The maximum Gasteiger partial charge on any atom is 0.161 e. The smallest absolute Gasteiger partial charge is 0.161 e. The third-order valence-corrected chi connectivity index (χ3v) is 8.65. The van der Waals surface area contributed by atoms with Crippen LogP contribution in [0.3, 0.4) is 0 Å². The van der Waals surface area contributed by atoms with Gasteiger partial charge in [-0.25, -0.2) is 9.98 Å². The summed E-state index contributed by atoms with van der Waals surface area (Å²) in [5.74, 6) is 1.55. The zero-order valence-electron chi connectivity index (χ0n) is 25.5. The fourth-order valence-corrected chi connectivity index (χ4v) is 6.61. The zero-order chi connectivity index (χ0) is 30.5. The first kappa shape index (κ1) is 26.9. The van der Waals surface area contributed by atoms with Gasteiger partial charge in [0.25, 0.3) is 0 Å². The van der Waals surface area contributed by atoms with E-state index in [4.69, 9.17) is 9.98 Å². The van der Waals surface area contributed by atoms with E-state index in [0.29, 0.717) is 5.84 Å². The molecule has 0 saturated carbocycles. The van der Waals surface area contributed by atoms with Gasteiger partial charge in [0, 0.05) is 49.1 Å². The molecule has 216 valence electrons. The summed E-state index contributed by atoms with van der Waals surface area (Å²) >= 11 is 0. The van der Waals surface area contributed by atoms with E-state index in [9.17, 15) is 0 Å². The SMILES string of the molecule is CC(=N/C(=N\C(=C(C)C)n1c2ccccc2c2c3c4ccccc4[nH]c3c3ccccc3c21)c1ccccc1)c1ccccc1. The van der Waals surface area contributed by atoms with Gasteiger partial charge in [0.15, 0.2) is 5.84 Å². The summed E-state index contributed by atoms with van der Waals surface area (Å²) in [4.78, 5) is 14.4. The van der Waals surface area contributed by atoms with Crippen molar-refractivity contribution >= 4 is 71.8 Å². The molecule has 0 aliphatic heterocycles. The van der Waals surface area contributed by atoms with Crippen LogP contribution in [0.25, 0.3) is 60.2 Å². The normalized spacial score (nSPS) is 12.6. The molecule has 0 spiro atoms. The fourth-order valence-electron chi connectivity index (χ4n) is 6.61. The van der Waals surface area contributed by atoms with Gasteiger partial charge in [-0.05, 0) is 44.0 Å². The van der Waals surface area contributed by atoms with Crippen LogP contribution in [-0.2, 0) is 0 Å². The van der Waals surface area contributed by atoms with Crippen molar-refractivity contribution in [3.8, 4) is 0 Å². The van der Waals surface area contributed by atoms with Gasteiger partial charge in [-0.15, -0.1) is 0 Å². The summed E-state index contributed by atoms with van der Waals surface area (Å²) in [6, 6.07) is 46.6. The van der Waals surface area contributed by atoms with Gasteiger partial charge in [-0.2, -0.15) is 0 Å². The molecular weight excluding hydrogens is 548 g/mol. The van der Waals surface area contributed by atoms with Crippen LogP contribution >= 0.6 is 0 Å². The molecule has 0 unspecified atom stereocenters. The maximum atomic E-state index is 5.45. The van der Waals surface area contributed by atoms with Crippen LogP contribution in [0.1, 0.15) is 31.9 Å². The molecule has 0 amide bonds. The lowest BCUT2D eigenvalue weighted by atomic mass is 9.99. The second-order valence-electron chi connectivity index (χ2n) is 11.7. The van der Waals surface area contributed by atoms with Crippen molar-refractivity contribution in [2.75, 3.05) is 0 Å². The van der Waals surface area contributed by atoms with Crippen molar-refractivity contribution in [2.45, 2.75) is 20.8 Å². The van der Waals surface area contributed by atoms with Crippen molar-refractivity contribution in [3.63, 3.8) is 0 Å². The number of aromatic amines is 1. The number of aliphatic imine (C=N–C) groups is 2. The van der Waals surface area contributed by atoms with Gasteiger partial charge in [0.2, 0.25) is 0 Å². The monoisotopic (exact) mass is 580 g/mol. The summed E-state index contributed by atoms with van der Waals surface area (Å²) in [5, 5.41) is 7.28. The minimum atomic E-state index is 0.677. The molecule has 0 fully saturated rings. The van der Waals surface area contributed by atoms with Crippen molar-refractivity contribution in [2.24, 2.45) is 9.98 Å². The van der Waals surface area contributed by atoms with E-state index in [0.717, 1.165) is 50.3 Å². The Hall–Kier alpha value is -5.74. The number of fused-ring (bicyclic) bond motifs is 10. The molecule has 0 radical (unpaired) electrons. The molecule has 0 aliphatic carbocycles. The largest absolute Gasteiger partial charge is 0.354 e. The number of allylic oxidation sites excluding steroid dienone is 1. The maximum absolute atomic E-state index is 5.45. The van der Waals surface area contributed by atoms with E-state index < -0.39 is 0 Å². The Morgan fingerprint density at radius 3 is 1.82 bits per heavy atom. The van der Waals surface area contributed by atoms with Gasteiger partial charge >= 0.3 is 0 Å². The summed E-state index contributed by atoms with van der Waals surface area (Å²) in [6.45, 7) is 6.34. The molecule has 8 aromatic rings. The third kappa shape index (κ3) is 4.37. The summed E-state index contributed by atoms with van der Waals surface area (Å²) in [6.07, 6.45) is 0. The average molecular weight is 581 g/mol. The molecule has 0 atom stereocenters. The lowest BCUT2D eigenvalue weighted by Crippen LogP contribution is -2.07. The Labute approximate surface area is 261 Å². The lowest BCUT2D eigenvalue weighted by Gasteiger charge is -2.14. The van der Waals surface area contributed by atoms with Crippen LogP contribution in [0.5, 0.6) is 0 Å². The molecule has 0 saturated heterocycles. The first-order valence-electron chi connectivity index (χ1n) is 15.4. The van der Waals surface area contributed by atoms with Gasteiger partial charge < -0.3 is 4.98 Å². The highest BCUT2D eigenvalue weighted by Gasteiger charge is 2.23. The second-order valence-corrected chi connectivity index (χ2v) is 11.7. The molecule has 4 nitrogen and oxygen atoms in total. The number of para-hydroxylation sites is 2. The van der Waals surface area contributed by atoms with Gasteiger partial charge in [0.05, 0.1) is 16.6 Å². The van der Waals surface area contributed by atoms with Crippen LogP contribution < -0.4 is 0 Å². The van der Waals surface area contributed by atoms with Crippen molar-refractivity contribution in [1.82, 2.24) is 9.55 Å². The Morgan fingerprint density at radius 2 is 1.11 bits per heavy atom. The third-order valence-electron chi connectivity index (χ3n) is 8.65. The summed E-state index contributed by atoms with van der Waals surface area (Å²) < 4.78 is 2.36. The minimum Gasteiger partial charge on any atom is -0.354 e. The predicted octanol–water partition coefficient (Wildman–Crippen LogP) is 10.7. The predicted molar refractivity (Wildman–Crippen MR) is 193 cm³/mol. The number of hydrogen-bond donors (Lipinski definition) is 1. The molecule has 45 heavy (non-hydrogen) atoms. The molecule has 1 N–H and O–H groups in total. The first-order valence-corrected chi connectivity index (χ1v) is 15.4. The van der Waals surface area contributed by atoms with Crippen LogP contribution in [0, 0.1) is 0 Å². The number of benzene rings is 6. The molecule has 2 heterocycles. The van der Waals surface area contributed by atoms with Crippen molar-refractivity contribution in [1.29, 1.82) is 0 Å². The number of rotatable bonds is 4. The van der Waals surface area contributed by atoms with Gasteiger partial charge in [-0.3, -0.25) is 4.57 Å². The highest BCUT2D eigenvalue weighted by molar-refractivity contribution is 6.37. The standard InChI is InChI=1S/C41H32N4/c1-26(2)41(44-40(29-18-8-5-9-19-29)42-27(3)28-16-6-4-7-17-28)45-35-25-15-13-23-33(35)37-36-32-22-12-14-24-34(32)43-38(36)30-20-10-11-21-31(30)39(37)45/h4-25,43H,1-3H3/b42-27?,44-40-. The highest BCUT2D eigenvalue weighted by atomic mass is 15.1. The molecular formula is C41H32N4. The van der Waals surface area contributed by atoms with Crippen molar-refractivity contribution in [3.05, 3.63) is 150 Å². The number of nitrogens with one attached hydrogen (secondary N) is 1. The molecule has 4 heteroatoms. The zero-order valence-corrected chi connectivity index (χ0v) is 25.5.